The third-order valence-electron chi connectivity index (χ3n) is 3.25. The highest BCUT2D eigenvalue weighted by atomic mass is 35.5. The van der Waals surface area contributed by atoms with E-state index >= 15 is 0 Å². The molecule has 0 radical (unpaired) electrons. The van der Waals surface area contributed by atoms with Gasteiger partial charge >= 0.3 is 0 Å². The summed E-state index contributed by atoms with van der Waals surface area (Å²) in [5, 5.41) is 4.31. The van der Waals surface area contributed by atoms with Gasteiger partial charge in [0.05, 0.1) is 31.4 Å². The fourth-order valence-electron chi connectivity index (χ4n) is 2.08. The van der Waals surface area contributed by atoms with Crippen molar-refractivity contribution in [1.29, 1.82) is 0 Å². The number of carbonyl (C=O) groups is 1. The zero-order valence-corrected chi connectivity index (χ0v) is 14.6. The van der Waals surface area contributed by atoms with Gasteiger partial charge in [-0.1, -0.05) is 23.7 Å². The van der Waals surface area contributed by atoms with Crippen LogP contribution in [0.3, 0.4) is 0 Å². The van der Waals surface area contributed by atoms with Crippen LogP contribution in [-0.4, -0.2) is 25.8 Å². The van der Waals surface area contributed by atoms with Crippen LogP contribution in [0.5, 0.6) is 11.5 Å². The van der Waals surface area contributed by atoms with E-state index in [0.717, 1.165) is 0 Å². The summed E-state index contributed by atoms with van der Waals surface area (Å²) in [4.78, 5) is 11.8. The summed E-state index contributed by atoms with van der Waals surface area (Å²) in [6.45, 7) is 2.35. The summed E-state index contributed by atoms with van der Waals surface area (Å²) in [5.41, 5.74) is 3.67. The highest BCUT2D eigenvalue weighted by Crippen LogP contribution is 2.32. The van der Waals surface area contributed by atoms with Gasteiger partial charge in [-0.15, -0.1) is 0 Å². The third kappa shape index (κ3) is 5.46. The molecule has 7 heteroatoms. The van der Waals surface area contributed by atoms with Gasteiger partial charge in [0, 0.05) is 11.6 Å². The minimum absolute atomic E-state index is 0.0952. The average Bonchev–Trinajstić information content (AvgIpc) is 2.59. The number of amides is 1. The van der Waals surface area contributed by atoms with Crippen LogP contribution in [-0.2, 0) is 11.2 Å². The number of hydrazone groups is 1. The van der Waals surface area contributed by atoms with E-state index in [4.69, 9.17) is 21.1 Å². The molecule has 2 rings (SSSR count). The number of carbonyl (C=O) groups excluding carboxylic acids is 1. The molecule has 132 valence electrons. The number of halogens is 2. The molecule has 1 N–H and O–H groups in total. The second kappa shape index (κ2) is 9.03. The van der Waals surface area contributed by atoms with E-state index in [9.17, 15) is 9.18 Å². The first kappa shape index (κ1) is 18.7. The predicted octanol–water partition coefficient (Wildman–Crippen LogP) is 3.58. The first-order valence-corrected chi connectivity index (χ1v) is 7.98. The first-order valence-electron chi connectivity index (χ1n) is 7.60. The van der Waals surface area contributed by atoms with Crippen LogP contribution in [0.25, 0.3) is 0 Å². The van der Waals surface area contributed by atoms with E-state index in [0.29, 0.717) is 34.3 Å². The molecule has 0 heterocycles. The summed E-state index contributed by atoms with van der Waals surface area (Å²) in [5.74, 6) is 0.385. The molecule has 0 unspecified atom stereocenters. The van der Waals surface area contributed by atoms with E-state index in [1.165, 1.54) is 25.5 Å². The van der Waals surface area contributed by atoms with Crippen molar-refractivity contribution >= 4 is 23.7 Å². The van der Waals surface area contributed by atoms with Crippen molar-refractivity contribution in [3.8, 4) is 11.5 Å². The number of rotatable bonds is 7. The molecule has 0 aliphatic rings. The van der Waals surface area contributed by atoms with E-state index in [-0.39, 0.29) is 18.1 Å². The lowest BCUT2D eigenvalue weighted by Gasteiger charge is -2.11. The van der Waals surface area contributed by atoms with Gasteiger partial charge in [0.15, 0.2) is 11.5 Å². The lowest BCUT2D eigenvalue weighted by Crippen LogP contribution is -2.19. The molecule has 2 aromatic rings. The molecule has 0 aromatic heterocycles. The minimum Gasteiger partial charge on any atom is -0.493 e. The minimum atomic E-state index is -0.346. The van der Waals surface area contributed by atoms with Crippen LogP contribution in [0.2, 0.25) is 5.02 Å². The highest BCUT2D eigenvalue weighted by molar-refractivity contribution is 6.33. The van der Waals surface area contributed by atoms with Gasteiger partial charge in [-0.05, 0) is 30.7 Å². The van der Waals surface area contributed by atoms with Crippen LogP contribution in [0.1, 0.15) is 18.1 Å². The van der Waals surface area contributed by atoms with Crippen LogP contribution in [0.4, 0.5) is 4.39 Å². The average molecular weight is 365 g/mol. The Kier molecular flexibility index (Phi) is 6.77. The van der Waals surface area contributed by atoms with E-state index in [1.54, 1.807) is 24.3 Å². The molecule has 0 atom stereocenters. The normalized spacial score (nSPS) is 10.7. The number of benzene rings is 2. The zero-order valence-electron chi connectivity index (χ0n) is 13.9. The maximum absolute atomic E-state index is 12.8. The van der Waals surface area contributed by atoms with Crippen LogP contribution < -0.4 is 14.9 Å². The lowest BCUT2D eigenvalue weighted by molar-refractivity contribution is -0.120. The van der Waals surface area contributed by atoms with Gasteiger partial charge in [0.25, 0.3) is 0 Å². The van der Waals surface area contributed by atoms with E-state index in [1.807, 2.05) is 6.92 Å². The Morgan fingerprint density at radius 2 is 2.00 bits per heavy atom. The fourth-order valence-corrected chi connectivity index (χ4v) is 2.28. The molecule has 0 saturated carbocycles. The summed E-state index contributed by atoms with van der Waals surface area (Å²) in [6.07, 6.45) is 1.51. The molecule has 0 bridgehead atoms. The quantitative estimate of drug-likeness (QED) is 0.603. The maximum atomic E-state index is 12.8. The van der Waals surface area contributed by atoms with Crippen molar-refractivity contribution < 1.29 is 18.7 Å². The number of methoxy groups -OCH3 is 1. The van der Waals surface area contributed by atoms with Crippen molar-refractivity contribution in [3.63, 3.8) is 0 Å². The number of hydrogen-bond acceptors (Lipinski definition) is 4. The Hall–Kier alpha value is -2.60. The maximum Gasteiger partial charge on any atom is 0.244 e. The Bertz CT molecular complexity index is 764. The topological polar surface area (TPSA) is 59.9 Å². The van der Waals surface area contributed by atoms with Gasteiger partial charge in [0.1, 0.15) is 5.82 Å². The van der Waals surface area contributed by atoms with Gasteiger partial charge in [0.2, 0.25) is 5.91 Å². The standard InChI is InChI=1S/C18H18ClFN2O3/c1-3-25-17-10-15(19)13(9-16(17)24-2)11-21-22-18(23)8-12-4-6-14(20)7-5-12/h4-7,9-11H,3,8H2,1-2H3,(H,22,23)/b21-11+. The van der Waals surface area contributed by atoms with Gasteiger partial charge in [-0.25, -0.2) is 9.82 Å². The molecule has 0 fully saturated rings. The molecular weight excluding hydrogens is 347 g/mol. The summed E-state index contributed by atoms with van der Waals surface area (Å²) < 4.78 is 23.5. The number of nitrogens with one attached hydrogen (secondary N) is 1. The fraction of sp³-hybridized carbons (Fsp3) is 0.222. The Balaban J connectivity index is 2.01. The van der Waals surface area contributed by atoms with Crippen LogP contribution in [0, 0.1) is 5.82 Å². The summed E-state index contributed by atoms with van der Waals surface area (Å²) in [6, 6.07) is 9.00. The number of ether oxygens (including phenoxy) is 2. The summed E-state index contributed by atoms with van der Waals surface area (Å²) in [7, 11) is 1.52. The van der Waals surface area contributed by atoms with Crippen molar-refractivity contribution in [2.45, 2.75) is 13.3 Å². The van der Waals surface area contributed by atoms with E-state index < -0.39 is 0 Å². The molecule has 0 spiro atoms. The van der Waals surface area contributed by atoms with Crippen molar-refractivity contribution in [2.75, 3.05) is 13.7 Å². The second-order valence-electron chi connectivity index (χ2n) is 5.05. The zero-order chi connectivity index (χ0) is 18.2. The Morgan fingerprint density at radius 3 is 2.64 bits per heavy atom. The molecule has 0 aliphatic heterocycles. The molecule has 2 aromatic carbocycles. The van der Waals surface area contributed by atoms with Crippen molar-refractivity contribution in [3.05, 3.63) is 58.4 Å². The number of nitrogens with zero attached hydrogens (tertiary/aromatic N) is 1. The van der Waals surface area contributed by atoms with Crippen LogP contribution in [0.15, 0.2) is 41.5 Å². The monoisotopic (exact) mass is 364 g/mol. The van der Waals surface area contributed by atoms with Gasteiger partial charge < -0.3 is 9.47 Å². The molecule has 0 aliphatic carbocycles. The van der Waals surface area contributed by atoms with Crippen LogP contribution >= 0.6 is 11.6 Å². The molecule has 25 heavy (non-hydrogen) atoms. The third-order valence-corrected chi connectivity index (χ3v) is 3.58. The second-order valence-corrected chi connectivity index (χ2v) is 5.46. The SMILES string of the molecule is CCOc1cc(Cl)c(/C=N/NC(=O)Cc2ccc(F)cc2)cc1OC. The first-order chi connectivity index (χ1) is 12.0. The molecule has 1 amide bonds. The smallest absolute Gasteiger partial charge is 0.244 e. The summed E-state index contributed by atoms with van der Waals surface area (Å²) >= 11 is 6.18. The Morgan fingerprint density at radius 1 is 1.28 bits per heavy atom. The lowest BCUT2D eigenvalue weighted by atomic mass is 10.1. The highest BCUT2D eigenvalue weighted by Gasteiger charge is 2.09. The number of hydrogen-bond donors (Lipinski definition) is 1. The molecule has 5 nitrogen and oxygen atoms in total. The largest absolute Gasteiger partial charge is 0.493 e. The van der Waals surface area contributed by atoms with Crippen molar-refractivity contribution in [1.82, 2.24) is 5.43 Å². The van der Waals surface area contributed by atoms with Gasteiger partial charge in [-0.2, -0.15) is 5.10 Å². The Labute approximate surface area is 150 Å². The molecular formula is C18H18ClFN2O3. The van der Waals surface area contributed by atoms with E-state index in [2.05, 4.69) is 10.5 Å². The molecule has 0 saturated heterocycles. The predicted molar refractivity (Wildman–Crippen MR) is 95.0 cm³/mol. The van der Waals surface area contributed by atoms with Gasteiger partial charge in [-0.3, -0.25) is 4.79 Å². The van der Waals surface area contributed by atoms with Crippen molar-refractivity contribution in [2.24, 2.45) is 5.10 Å².